The summed E-state index contributed by atoms with van der Waals surface area (Å²) in [5.41, 5.74) is 0.331. The van der Waals surface area contributed by atoms with E-state index in [1.807, 2.05) is 0 Å². The Kier molecular flexibility index (Phi) is 4.88. The van der Waals surface area contributed by atoms with Crippen LogP contribution in [-0.2, 0) is 0 Å². The van der Waals surface area contributed by atoms with Gasteiger partial charge in [0.05, 0.1) is 16.9 Å². The highest BCUT2D eigenvalue weighted by atomic mass is 16.6. The normalized spacial score (nSPS) is 21.9. The van der Waals surface area contributed by atoms with Gasteiger partial charge in [-0.1, -0.05) is 19.3 Å². The molecular formula is C15H17N3O3. The molecule has 110 valence electrons. The molecular weight excluding hydrogens is 270 g/mol. The Hall–Kier alpha value is -2.42. The summed E-state index contributed by atoms with van der Waals surface area (Å²) < 4.78 is 0. The largest absolute Gasteiger partial charge is 0.348 e. The number of nitro groups is 1. The predicted octanol–water partition coefficient (Wildman–Crippen LogP) is 2.80. The van der Waals surface area contributed by atoms with Gasteiger partial charge in [0.1, 0.15) is 0 Å². The van der Waals surface area contributed by atoms with Gasteiger partial charge in [-0.3, -0.25) is 14.9 Å². The summed E-state index contributed by atoms with van der Waals surface area (Å²) in [6.45, 7) is 0. The monoisotopic (exact) mass is 287 g/mol. The Bertz CT molecular complexity index is 563. The Morgan fingerprint density at radius 2 is 1.90 bits per heavy atom. The highest BCUT2D eigenvalue weighted by molar-refractivity contribution is 5.94. The van der Waals surface area contributed by atoms with E-state index < -0.39 is 4.92 Å². The van der Waals surface area contributed by atoms with Crippen LogP contribution in [0.4, 0.5) is 5.69 Å². The molecule has 1 aromatic carbocycles. The molecule has 0 saturated heterocycles. The topological polar surface area (TPSA) is 96.0 Å². The van der Waals surface area contributed by atoms with Crippen LogP contribution in [0.1, 0.15) is 42.5 Å². The fraction of sp³-hybridized carbons (Fsp3) is 0.467. The van der Waals surface area contributed by atoms with Gasteiger partial charge in [-0.15, -0.1) is 0 Å². The zero-order chi connectivity index (χ0) is 15.2. The van der Waals surface area contributed by atoms with E-state index >= 15 is 0 Å². The third kappa shape index (κ3) is 3.78. The third-order valence-electron chi connectivity index (χ3n) is 3.84. The number of hydrogen-bond acceptors (Lipinski definition) is 4. The van der Waals surface area contributed by atoms with E-state index in [9.17, 15) is 20.2 Å². The summed E-state index contributed by atoms with van der Waals surface area (Å²) >= 11 is 0. The van der Waals surface area contributed by atoms with Gasteiger partial charge in [0, 0.05) is 23.7 Å². The molecule has 1 aromatic rings. The second-order valence-corrected chi connectivity index (χ2v) is 5.26. The van der Waals surface area contributed by atoms with E-state index in [1.54, 1.807) is 0 Å². The van der Waals surface area contributed by atoms with Gasteiger partial charge in [-0.05, 0) is 25.0 Å². The number of carbonyl (C=O) groups is 1. The minimum Gasteiger partial charge on any atom is -0.348 e. The first-order valence-corrected chi connectivity index (χ1v) is 7.07. The number of non-ortho nitro benzene ring substituents is 1. The Labute approximate surface area is 122 Å². The molecule has 1 N–H and O–H groups in total. The number of rotatable bonds is 3. The molecule has 0 radical (unpaired) electrons. The summed E-state index contributed by atoms with van der Waals surface area (Å²) in [5.74, 6) is -0.438. The highest BCUT2D eigenvalue weighted by Crippen LogP contribution is 2.23. The van der Waals surface area contributed by atoms with Crippen LogP contribution < -0.4 is 5.32 Å². The molecule has 1 saturated carbocycles. The molecule has 2 atom stereocenters. The second-order valence-electron chi connectivity index (χ2n) is 5.26. The van der Waals surface area contributed by atoms with E-state index in [2.05, 4.69) is 11.4 Å². The highest BCUT2D eigenvalue weighted by Gasteiger charge is 2.25. The average Bonchev–Trinajstić information content (AvgIpc) is 2.72. The number of amides is 1. The van der Waals surface area contributed by atoms with E-state index in [0.29, 0.717) is 5.56 Å². The van der Waals surface area contributed by atoms with Crippen molar-refractivity contribution in [2.45, 2.75) is 38.1 Å². The van der Waals surface area contributed by atoms with Crippen molar-refractivity contribution in [3.8, 4) is 6.07 Å². The lowest BCUT2D eigenvalue weighted by Crippen LogP contribution is -2.39. The van der Waals surface area contributed by atoms with Crippen LogP contribution in [0.3, 0.4) is 0 Å². The molecule has 1 amide bonds. The van der Waals surface area contributed by atoms with E-state index in [4.69, 9.17) is 0 Å². The lowest BCUT2D eigenvalue weighted by atomic mass is 9.96. The van der Waals surface area contributed by atoms with Gasteiger partial charge in [0.2, 0.25) is 0 Å². The molecule has 0 aliphatic heterocycles. The lowest BCUT2D eigenvalue weighted by Gasteiger charge is -2.20. The van der Waals surface area contributed by atoms with Crippen molar-refractivity contribution in [1.82, 2.24) is 5.32 Å². The van der Waals surface area contributed by atoms with E-state index in [-0.39, 0.29) is 23.6 Å². The standard InChI is InChI=1S/C15H17N3O3/c16-10-12-4-2-1-3-5-14(12)17-15(19)11-6-8-13(9-7-11)18(20)21/h6-9,12,14H,1-5H2,(H,17,19)/t12-,14+/m0/s1. The van der Waals surface area contributed by atoms with Crippen LogP contribution in [0.25, 0.3) is 0 Å². The Morgan fingerprint density at radius 1 is 1.24 bits per heavy atom. The van der Waals surface area contributed by atoms with Gasteiger partial charge in [0.15, 0.2) is 0 Å². The van der Waals surface area contributed by atoms with Crippen LogP contribution in [-0.4, -0.2) is 16.9 Å². The minimum absolute atomic E-state index is 0.0454. The summed E-state index contributed by atoms with van der Waals surface area (Å²) in [6, 6.07) is 7.62. The summed E-state index contributed by atoms with van der Waals surface area (Å²) in [7, 11) is 0. The van der Waals surface area contributed by atoms with Crippen molar-refractivity contribution in [1.29, 1.82) is 5.26 Å². The molecule has 6 heteroatoms. The number of benzene rings is 1. The molecule has 0 aromatic heterocycles. The predicted molar refractivity (Wildman–Crippen MR) is 76.5 cm³/mol. The quantitative estimate of drug-likeness (QED) is 0.525. The van der Waals surface area contributed by atoms with Gasteiger partial charge < -0.3 is 5.32 Å². The van der Waals surface area contributed by atoms with Crippen molar-refractivity contribution in [2.24, 2.45) is 5.92 Å². The molecule has 6 nitrogen and oxygen atoms in total. The van der Waals surface area contributed by atoms with Gasteiger partial charge in [0.25, 0.3) is 11.6 Å². The maximum Gasteiger partial charge on any atom is 0.269 e. The zero-order valence-electron chi connectivity index (χ0n) is 11.6. The number of hydrogen-bond donors (Lipinski definition) is 1. The first-order chi connectivity index (χ1) is 10.1. The molecule has 0 spiro atoms. The second kappa shape index (κ2) is 6.84. The Morgan fingerprint density at radius 3 is 2.52 bits per heavy atom. The maximum atomic E-state index is 12.2. The minimum atomic E-state index is -0.501. The molecule has 1 aliphatic carbocycles. The summed E-state index contributed by atoms with van der Waals surface area (Å²) in [4.78, 5) is 22.3. The maximum absolute atomic E-state index is 12.2. The number of nitriles is 1. The molecule has 1 fully saturated rings. The fourth-order valence-corrected chi connectivity index (χ4v) is 2.62. The number of nitro benzene ring substituents is 1. The van der Waals surface area contributed by atoms with Crippen molar-refractivity contribution in [3.63, 3.8) is 0 Å². The molecule has 0 bridgehead atoms. The fourth-order valence-electron chi connectivity index (χ4n) is 2.62. The Balaban J connectivity index is 2.05. The number of nitrogens with zero attached hydrogens (tertiary/aromatic N) is 2. The van der Waals surface area contributed by atoms with Crippen LogP contribution in [0.15, 0.2) is 24.3 Å². The van der Waals surface area contributed by atoms with Crippen LogP contribution >= 0.6 is 0 Å². The van der Waals surface area contributed by atoms with Crippen LogP contribution in [0, 0.1) is 27.4 Å². The van der Waals surface area contributed by atoms with Gasteiger partial charge in [-0.25, -0.2) is 0 Å². The third-order valence-corrected chi connectivity index (χ3v) is 3.84. The lowest BCUT2D eigenvalue weighted by molar-refractivity contribution is -0.384. The summed E-state index contributed by atoms with van der Waals surface area (Å²) in [5, 5.41) is 22.7. The smallest absolute Gasteiger partial charge is 0.269 e. The summed E-state index contributed by atoms with van der Waals surface area (Å²) in [6.07, 6.45) is 4.71. The average molecular weight is 287 g/mol. The van der Waals surface area contributed by atoms with Gasteiger partial charge >= 0.3 is 0 Å². The first-order valence-electron chi connectivity index (χ1n) is 7.07. The molecule has 2 rings (SSSR count). The molecule has 0 heterocycles. The van der Waals surface area contributed by atoms with Crippen LogP contribution in [0.2, 0.25) is 0 Å². The van der Waals surface area contributed by atoms with Crippen molar-refractivity contribution >= 4 is 11.6 Å². The van der Waals surface area contributed by atoms with E-state index in [1.165, 1.54) is 24.3 Å². The molecule has 21 heavy (non-hydrogen) atoms. The SMILES string of the molecule is N#C[C@@H]1CCCCC[C@H]1NC(=O)c1ccc([N+](=O)[O-])cc1. The van der Waals surface area contributed by atoms with Crippen molar-refractivity contribution in [2.75, 3.05) is 0 Å². The number of carbonyl (C=O) groups excluding carboxylic acids is 1. The molecule has 1 aliphatic rings. The number of nitrogens with one attached hydrogen (secondary N) is 1. The van der Waals surface area contributed by atoms with E-state index in [0.717, 1.165) is 32.1 Å². The van der Waals surface area contributed by atoms with Gasteiger partial charge in [-0.2, -0.15) is 5.26 Å². The van der Waals surface area contributed by atoms with Crippen molar-refractivity contribution < 1.29 is 9.72 Å². The van der Waals surface area contributed by atoms with Crippen molar-refractivity contribution in [3.05, 3.63) is 39.9 Å². The zero-order valence-corrected chi connectivity index (χ0v) is 11.6. The first kappa shape index (κ1) is 15.0. The molecule has 0 unspecified atom stereocenters. The van der Waals surface area contributed by atoms with Crippen LogP contribution in [0.5, 0.6) is 0 Å².